The van der Waals surface area contributed by atoms with Gasteiger partial charge in [-0.15, -0.1) is 0 Å². The number of hydrogen-bond donors (Lipinski definition) is 1. The number of hydrogen-bond acceptors (Lipinski definition) is 5. The van der Waals surface area contributed by atoms with Gasteiger partial charge in [0.2, 0.25) is 5.91 Å². The van der Waals surface area contributed by atoms with Crippen LogP contribution in [0.1, 0.15) is 22.6 Å². The number of carbonyl (C=O) groups is 2. The monoisotopic (exact) mass is 402 g/mol. The minimum Gasteiger partial charge on any atom is -0.440 e. The fraction of sp³-hybridized carbons (Fsp3) is 0.174. The van der Waals surface area contributed by atoms with E-state index in [9.17, 15) is 9.59 Å². The van der Waals surface area contributed by atoms with E-state index in [4.69, 9.17) is 4.42 Å². The first-order valence-electron chi connectivity index (χ1n) is 9.43. The van der Waals surface area contributed by atoms with Gasteiger partial charge in [-0.3, -0.25) is 14.9 Å². The molecular weight excluding hydrogens is 384 g/mol. The van der Waals surface area contributed by atoms with Gasteiger partial charge in [0.25, 0.3) is 5.24 Å². The molecule has 1 aliphatic heterocycles. The van der Waals surface area contributed by atoms with Crippen molar-refractivity contribution in [3.8, 4) is 0 Å². The molecule has 0 aliphatic carbocycles. The van der Waals surface area contributed by atoms with Crippen molar-refractivity contribution in [1.82, 2.24) is 10.3 Å². The lowest BCUT2D eigenvalue weighted by atomic mass is 10.0. The molecule has 5 nitrogen and oxygen atoms in total. The van der Waals surface area contributed by atoms with Gasteiger partial charge in [-0.1, -0.05) is 59.8 Å². The minimum absolute atomic E-state index is 0.229. The number of oxazole rings is 1. The highest BCUT2D eigenvalue weighted by molar-refractivity contribution is 8.15. The fourth-order valence-electron chi connectivity index (χ4n) is 3.66. The van der Waals surface area contributed by atoms with E-state index in [1.165, 1.54) is 16.3 Å². The van der Waals surface area contributed by atoms with Crippen molar-refractivity contribution in [2.24, 2.45) is 0 Å². The van der Waals surface area contributed by atoms with E-state index in [0.717, 1.165) is 34.0 Å². The van der Waals surface area contributed by atoms with Crippen molar-refractivity contribution in [3.63, 3.8) is 0 Å². The number of aromatic nitrogens is 1. The Kier molecular flexibility index (Phi) is 4.36. The number of rotatable bonds is 4. The van der Waals surface area contributed by atoms with E-state index in [1.54, 1.807) is 0 Å². The summed E-state index contributed by atoms with van der Waals surface area (Å²) >= 11 is 1.04. The predicted octanol–water partition coefficient (Wildman–Crippen LogP) is 4.77. The average molecular weight is 402 g/mol. The molecule has 29 heavy (non-hydrogen) atoms. The predicted molar refractivity (Wildman–Crippen MR) is 114 cm³/mol. The third kappa shape index (κ3) is 3.63. The quantitative estimate of drug-likeness (QED) is 0.532. The highest BCUT2D eigenvalue weighted by Crippen LogP contribution is 2.26. The summed E-state index contributed by atoms with van der Waals surface area (Å²) in [5.41, 5.74) is 4.84. The second-order valence-corrected chi connectivity index (χ2v) is 8.53. The van der Waals surface area contributed by atoms with Crippen molar-refractivity contribution < 1.29 is 14.0 Å². The lowest BCUT2D eigenvalue weighted by Gasteiger charge is -2.04. The average Bonchev–Trinajstić information content (AvgIpc) is 3.23. The lowest BCUT2D eigenvalue weighted by Crippen LogP contribution is -2.25. The molecular formula is C23H18N2O3S. The molecule has 1 aliphatic rings. The van der Waals surface area contributed by atoms with Crippen LogP contribution in [0.25, 0.3) is 21.9 Å². The maximum atomic E-state index is 11.8. The lowest BCUT2D eigenvalue weighted by molar-refractivity contribution is -0.118. The highest BCUT2D eigenvalue weighted by atomic mass is 32.2. The largest absolute Gasteiger partial charge is 0.440 e. The van der Waals surface area contributed by atoms with Gasteiger partial charge in [0.05, 0.1) is 5.25 Å². The molecule has 1 N–H and O–H groups in total. The molecule has 1 unspecified atom stereocenters. The molecule has 0 radical (unpaired) electrons. The minimum atomic E-state index is -0.382. The van der Waals surface area contributed by atoms with E-state index in [0.29, 0.717) is 18.7 Å². The zero-order valence-electron chi connectivity index (χ0n) is 15.8. The number of benzene rings is 3. The summed E-state index contributed by atoms with van der Waals surface area (Å²) in [5.74, 6) is 0.430. The summed E-state index contributed by atoms with van der Waals surface area (Å²) in [4.78, 5) is 27.8. The number of amides is 2. The van der Waals surface area contributed by atoms with Crippen LogP contribution in [0.3, 0.4) is 0 Å². The SMILES string of the molecule is Cc1ccc2cc(Cc3nc4cc(CC5SC(=O)NC5=O)ccc4o3)ccc2c1. The zero-order valence-corrected chi connectivity index (χ0v) is 16.6. The number of fused-ring (bicyclic) bond motifs is 2. The number of aryl methyl sites for hydroxylation is 1. The summed E-state index contributed by atoms with van der Waals surface area (Å²) in [6, 6.07) is 18.6. The van der Waals surface area contributed by atoms with Crippen molar-refractivity contribution in [1.29, 1.82) is 0 Å². The molecule has 0 bridgehead atoms. The first-order valence-corrected chi connectivity index (χ1v) is 10.3. The molecule has 5 rings (SSSR count). The first-order chi connectivity index (χ1) is 14.0. The van der Waals surface area contributed by atoms with E-state index >= 15 is 0 Å². The summed E-state index contributed by atoms with van der Waals surface area (Å²) in [5, 5.41) is 4.09. The van der Waals surface area contributed by atoms with Gasteiger partial charge in [0, 0.05) is 6.42 Å². The maximum Gasteiger partial charge on any atom is 0.286 e. The van der Waals surface area contributed by atoms with Gasteiger partial charge in [-0.05, 0) is 47.4 Å². The van der Waals surface area contributed by atoms with Crippen LogP contribution in [0.4, 0.5) is 4.79 Å². The van der Waals surface area contributed by atoms with Crippen LogP contribution in [0.5, 0.6) is 0 Å². The Balaban J connectivity index is 1.38. The van der Waals surface area contributed by atoms with Crippen LogP contribution in [0.2, 0.25) is 0 Å². The maximum absolute atomic E-state index is 11.8. The van der Waals surface area contributed by atoms with Crippen LogP contribution in [-0.4, -0.2) is 21.4 Å². The van der Waals surface area contributed by atoms with Crippen molar-refractivity contribution in [3.05, 3.63) is 77.2 Å². The molecule has 1 saturated heterocycles. The van der Waals surface area contributed by atoms with E-state index < -0.39 is 0 Å². The second kappa shape index (κ2) is 7.04. The van der Waals surface area contributed by atoms with Gasteiger partial charge in [-0.2, -0.15) is 0 Å². The molecule has 3 aromatic carbocycles. The standard InChI is InChI=1S/C23H18N2O3S/c1-13-2-5-17-9-14(3-6-16(17)8-13)12-21-24-18-10-15(4-7-19(18)28-21)11-20-22(26)25-23(27)29-20/h2-10,20H,11-12H2,1H3,(H,25,26,27). The number of nitrogens with zero attached hydrogens (tertiary/aromatic N) is 1. The third-order valence-electron chi connectivity index (χ3n) is 5.10. The Morgan fingerprint density at radius 2 is 1.79 bits per heavy atom. The molecule has 6 heteroatoms. The molecule has 2 heterocycles. The van der Waals surface area contributed by atoms with Crippen LogP contribution in [0, 0.1) is 6.92 Å². The molecule has 0 saturated carbocycles. The van der Waals surface area contributed by atoms with Gasteiger partial charge < -0.3 is 4.42 Å². The Morgan fingerprint density at radius 1 is 1.00 bits per heavy atom. The molecule has 0 spiro atoms. The molecule has 2 amide bonds. The van der Waals surface area contributed by atoms with E-state index in [2.05, 4.69) is 53.6 Å². The normalized spacial score (nSPS) is 16.7. The van der Waals surface area contributed by atoms with Gasteiger partial charge in [-0.25, -0.2) is 4.98 Å². The summed E-state index contributed by atoms with van der Waals surface area (Å²) in [6.45, 7) is 2.09. The third-order valence-corrected chi connectivity index (χ3v) is 6.08. The second-order valence-electron chi connectivity index (χ2n) is 7.36. The Bertz CT molecular complexity index is 1280. The molecule has 1 aromatic heterocycles. The summed E-state index contributed by atoms with van der Waals surface area (Å²) < 4.78 is 5.92. The number of carbonyl (C=O) groups excluding carboxylic acids is 2. The zero-order chi connectivity index (χ0) is 20.0. The van der Waals surface area contributed by atoms with Crippen molar-refractivity contribution >= 4 is 44.8 Å². The summed E-state index contributed by atoms with van der Waals surface area (Å²) in [6.07, 6.45) is 1.10. The highest BCUT2D eigenvalue weighted by Gasteiger charge is 2.31. The first kappa shape index (κ1) is 17.9. The van der Waals surface area contributed by atoms with Crippen LogP contribution >= 0.6 is 11.8 Å². The van der Waals surface area contributed by atoms with Gasteiger partial charge >= 0.3 is 0 Å². The van der Waals surface area contributed by atoms with Crippen molar-refractivity contribution in [2.45, 2.75) is 25.0 Å². The molecule has 1 fully saturated rings. The Labute approximate surface area is 171 Å². The smallest absolute Gasteiger partial charge is 0.286 e. The Hall–Kier alpha value is -3.12. The number of imide groups is 1. The van der Waals surface area contributed by atoms with E-state index in [1.807, 2.05) is 18.2 Å². The van der Waals surface area contributed by atoms with Gasteiger partial charge in [0.15, 0.2) is 11.5 Å². The van der Waals surface area contributed by atoms with Crippen molar-refractivity contribution in [2.75, 3.05) is 0 Å². The molecule has 4 aromatic rings. The summed E-state index contributed by atoms with van der Waals surface area (Å²) in [7, 11) is 0. The van der Waals surface area contributed by atoms with Crippen LogP contribution in [0.15, 0.2) is 59.0 Å². The fourth-order valence-corrected chi connectivity index (χ4v) is 4.52. The van der Waals surface area contributed by atoms with Gasteiger partial charge in [0.1, 0.15) is 5.52 Å². The van der Waals surface area contributed by atoms with E-state index in [-0.39, 0.29) is 16.4 Å². The van der Waals surface area contributed by atoms with Crippen LogP contribution < -0.4 is 5.32 Å². The number of thioether (sulfide) groups is 1. The number of nitrogens with one attached hydrogen (secondary N) is 1. The molecule has 144 valence electrons. The van der Waals surface area contributed by atoms with Crippen LogP contribution in [-0.2, 0) is 17.6 Å². The topological polar surface area (TPSA) is 72.2 Å². The molecule has 1 atom stereocenters. The Morgan fingerprint density at radius 3 is 2.62 bits per heavy atom.